The molecule has 1 aromatic heterocycles. The molecule has 1 heterocycles. The van der Waals surface area contributed by atoms with Crippen LogP contribution in [0.3, 0.4) is 0 Å². The maximum Gasteiger partial charge on any atom is 0.148 e. The minimum atomic E-state index is 1.09. The Hall–Kier alpha value is -0.785. The zero-order valence-corrected chi connectivity index (χ0v) is 6.68. The molecule has 0 aromatic carbocycles. The number of pyridine rings is 1. The molecule has 10 heavy (non-hydrogen) atoms. The van der Waals surface area contributed by atoms with Gasteiger partial charge in [-0.3, -0.25) is 4.98 Å². The summed E-state index contributed by atoms with van der Waals surface area (Å²) in [5, 5.41) is 0. The van der Waals surface area contributed by atoms with Crippen molar-refractivity contribution >= 4 is 12.7 Å². The summed E-state index contributed by atoms with van der Waals surface area (Å²) >= 11 is 0. The second-order valence-corrected chi connectivity index (χ2v) is 2.47. The van der Waals surface area contributed by atoms with E-state index in [1.54, 1.807) is 0 Å². The number of rotatable bonds is 1. The molecule has 1 radical (unpaired) electrons. The van der Waals surface area contributed by atoms with Gasteiger partial charge in [0.1, 0.15) is 7.28 Å². The van der Waals surface area contributed by atoms with Gasteiger partial charge in [-0.05, 0) is 26.0 Å². The van der Waals surface area contributed by atoms with Gasteiger partial charge in [0.15, 0.2) is 0 Å². The van der Waals surface area contributed by atoms with Crippen LogP contribution in [0.25, 0.3) is 0 Å². The van der Waals surface area contributed by atoms with E-state index in [0.29, 0.717) is 0 Å². The molecule has 0 N–H and O–H groups in total. The van der Waals surface area contributed by atoms with Gasteiger partial charge in [-0.15, -0.1) is 0 Å². The minimum absolute atomic E-state index is 1.09. The van der Waals surface area contributed by atoms with E-state index in [1.807, 2.05) is 20.7 Å². The lowest BCUT2D eigenvalue weighted by molar-refractivity contribution is 1.13. The molecular formula is C8H11BN. The van der Waals surface area contributed by atoms with E-state index >= 15 is 0 Å². The lowest BCUT2D eigenvalue weighted by atomic mass is 9.73. The molecule has 0 aliphatic rings. The van der Waals surface area contributed by atoms with E-state index in [-0.39, 0.29) is 0 Å². The molecule has 51 valence electrons. The Morgan fingerprint density at radius 1 is 1.20 bits per heavy atom. The van der Waals surface area contributed by atoms with E-state index in [1.165, 1.54) is 5.46 Å². The number of aryl methyl sites for hydroxylation is 2. The quantitative estimate of drug-likeness (QED) is 0.521. The number of hydrogen-bond donors (Lipinski definition) is 0. The number of nitrogens with zero attached hydrogens (tertiary/aromatic N) is 1. The van der Waals surface area contributed by atoms with Crippen LogP contribution in [-0.4, -0.2) is 12.3 Å². The van der Waals surface area contributed by atoms with Crippen LogP contribution in [0.4, 0.5) is 0 Å². The SMILES string of the molecule is C[B]c1cc(C)nc(C)c1. The van der Waals surface area contributed by atoms with Gasteiger partial charge in [-0.2, -0.15) is 0 Å². The van der Waals surface area contributed by atoms with Gasteiger partial charge in [-0.25, -0.2) is 0 Å². The van der Waals surface area contributed by atoms with Crippen molar-refractivity contribution < 1.29 is 0 Å². The van der Waals surface area contributed by atoms with Gasteiger partial charge in [0.05, 0.1) is 0 Å². The Morgan fingerprint density at radius 3 is 2.10 bits per heavy atom. The summed E-state index contributed by atoms with van der Waals surface area (Å²) in [6.07, 6.45) is 0. The van der Waals surface area contributed by atoms with Gasteiger partial charge in [0, 0.05) is 11.4 Å². The summed E-state index contributed by atoms with van der Waals surface area (Å²) in [5.74, 6) is 0. The first-order valence-corrected chi connectivity index (χ1v) is 3.47. The van der Waals surface area contributed by atoms with E-state index in [4.69, 9.17) is 0 Å². The summed E-state index contributed by atoms with van der Waals surface area (Å²) in [4.78, 5) is 4.26. The van der Waals surface area contributed by atoms with Crippen molar-refractivity contribution in [3.05, 3.63) is 23.5 Å². The van der Waals surface area contributed by atoms with Gasteiger partial charge < -0.3 is 0 Å². The topological polar surface area (TPSA) is 12.9 Å². The maximum absolute atomic E-state index is 4.26. The predicted molar refractivity (Wildman–Crippen MR) is 45.0 cm³/mol. The van der Waals surface area contributed by atoms with Gasteiger partial charge in [0.2, 0.25) is 0 Å². The largest absolute Gasteiger partial charge is 0.259 e. The monoisotopic (exact) mass is 132 g/mol. The smallest absolute Gasteiger partial charge is 0.148 e. The van der Waals surface area contributed by atoms with E-state index in [9.17, 15) is 0 Å². The molecule has 2 heteroatoms. The first-order chi connectivity index (χ1) is 4.72. The summed E-state index contributed by atoms with van der Waals surface area (Å²) in [5.41, 5.74) is 3.44. The Kier molecular flexibility index (Phi) is 2.10. The van der Waals surface area contributed by atoms with Crippen LogP contribution in [0.1, 0.15) is 11.4 Å². The Morgan fingerprint density at radius 2 is 1.70 bits per heavy atom. The molecule has 0 aliphatic carbocycles. The number of aromatic nitrogens is 1. The average molecular weight is 132 g/mol. The number of hydrogen-bond acceptors (Lipinski definition) is 1. The van der Waals surface area contributed by atoms with Gasteiger partial charge >= 0.3 is 0 Å². The molecule has 1 aromatic rings. The van der Waals surface area contributed by atoms with Crippen LogP contribution in [0.15, 0.2) is 12.1 Å². The fourth-order valence-corrected chi connectivity index (χ4v) is 1.03. The predicted octanol–water partition coefficient (Wildman–Crippen LogP) is 1.08. The van der Waals surface area contributed by atoms with E-state index in [0.717, 1.165) is 11.4 Å². The van der Waals surface area contributed by atoms with Crippen LogP contribution in [0, 0.1) is 13.8 Å². The third kappa shape index (κ3) is 1.60. The molecule has 0 saturated carbocycles. The van der Waals surface area contributed by atoms with Crippen molar-refractivity contribution in [2.24, 2.45) is 0 Å². The second-order valence-electron chi connectivity index (χ2n) is 2.47. The molecule has 1 nitrogen and oxygen atoms in total. The molecule has 0 amide bonds. The molecule has 0 spiro atoms. The fraction of sp³-hybridized carbons (Fsp3) is 0.375. The Balaban J connectivity index is 3.06. The molecule has 0 bridgehead atoms. The lowest BCUT2D eigenvalue weighted by Gasteiger charge is -1.99. The summed E-state index contributed by atoms with van der Waals surface area (Å²) < 4.78 is 0. The molecule has 0 unspecified atom stereocenters. The third-order valence-corrected chi connectivity index (χ3v) is 1.44. The normalized spacial score (nSPS) is 9.50. The van der Waals surface area contributed by atoms with Crippen LogP contribution < -0.4 is 5.46 Å². The van der Waals surface area contributed by atoms with Crippen molar-refractivity contribution in [1.82, 2.24) is 4.98 Å². The highest BCUT2D eigenvalue weighted by Crippen LogP contribution is 1.92. The summed E-state index contributed by atoms with van der Waals surface area (Å²) in [6.45, 7) is 6.06. The zero-order valence-electron chi connectivity index (χ0n) is 6.68. The Labute approximate surface area is 62.7 Å². The van der Waals surface area contributed by atoms with Gasteiger partial charge in [0.25, 0.3) is 0 Å². The minimum Gasteiger partial charge on any atom is -0.259 e. The van der Waals surface area contributed by atoms with E-state index < -0.39 is 0 Å². The highest BCUT2D eigenvalue weighted by atomic mass is 14.7. The standard InChI is InChI=1S/C8H11BN/c1-6-4-8(9-3)5-7(2)10-6/h4-5H,1-3H3. The first kappa shape index (κ1) is 7.32. The van der Waals surface area contributed by atoms with Crippen LogP contribution in [-0.2, 0) is 0 Å². The first-order valence-electron chi connectivity index (χ1n) is 3.47. The van der Waals surface area contributed by atoms with Crippen molar-refractivity contribution in [3.8, 4) is 0 Å². The van der Waals surface area contributed by atoms with Gasteiger partial charge in [-0.1, -0.05) is 12.3 Å². The second kappa shape index (κ2) is 2.87. The highest BCUT2D eigenvalue weighted by molar-refractivity contribution is 6.51. The third-order valence-electron chi connectivity index (χ3n) is 1.44. The molecule has 0 fully saturated rings. The fourth-order valence-electron chi connectivity index (χ4n) is 1.03. The highest BCUT2D eigenvalue weighted by Gasteiger charge is 1.93. The maximum atomic E-state index is 4.26. The lowest BCUT2D eigenvalue weighted by Crippen LogP contribution is -2.12. The molecular weight excluding hydrogens is 121 g/mol. The van der Waals surface area contributed by atoms with Crippen LogP contribution >= 0.6 is 0 Å². The van der Waals surface area contributed by atoms with Crippen molar-refractivity contribution in [3.63, 3.8) is 0 Å². The molecule has 0 aliphatic heterocycles. The summed E-state index contributed by atoms with van der Waals surface area (Å²) in [7, 11) is 2.08. The zero-order chi connectivity index (χ0) is 7.56. The molecule has 0 atom stereocenters. The van der Waals surface area contributed by atoms with Crippen molar-refractivity contribution in [2.75, 3.05) is 0 Å². The van der Waals surface area contributed by atoms with Crippen LogP contribution in [0.5, 0.6) is 0 Å². The van der Waals surface area contributed by atoms with Crippen LogP contribution in [0.2, 0.25) is 6.82 Å². The summed E-state index contributed by atoms with van der Waals surface area (Å²) in [6, 6.07) is 4.15. The van der Waals surface area contributed by atoms with Crippen molar-refractivity contribution in [1.29, 1.82) is 0 Å². The molecule has 0 saturated heterocycles. The Bertz CT molecular complexity index is 212. The average Bonchev–Trinajstić information content (AvgIpc) is 1.85. The van der Waals surface area contributed by atoms with Crippen molar-refractivity contribution in [2.45, 2.75) is 20.7 Å². The molecule has 1 rings (SSSR count). The van der Waals surface area contributed by atoms with E-state index in [2.05, 4.69) is 24.4 Å².